The second kappa shape index (κ2) is 11.7. The lowest BCUT2D eigenvalue weighted by atomic mass is 9.41. The van der Waals surface area contributed by atoms with Gasteiger partial charge in [-0.1, -0.05) is 26.8 Å². The van der Waals surface area contributed by atoms with Gasteiger partial charge in [0.05, 0.1) is 18.8 Å². The Bertz CT molecular complexity index is 1150. The van der Waals surface area contributed by atoms with E-state index in [0.717, 1.165) is 37.7 Å². The third kappa shape index (κ3) is 5.04. The Labute approximate surface area is 262 Å². The van der Waals surface area contributed by atoms with Crippen molar-refractivity contribution >= 4 is 5.97 Å². The summed E-state index contributed by atoms with van der Waals surface area (Å²) in [5, 5.41) is 84.9. The molecule has 0 aromatic heterocycles. The number of aliphatic hydroxyl groups is 7. The lowest BCUT2D eigenvalue weighted by molar-refractivity contribution is -0.378. The number of aliphatic carboxylic acids is 1. The maximum absolute atomic E-state index is 12.4. The van der Waals surface area contributed by atoms with Gasteiger partial charge in [0.15, 0.2) is 12.6 Å². The first-order valence-electron chi connectivity index (χ1n) is 16.3. The van der Waals surface area contributed by atoms with Crippen LogP contribution in [0.5, 0.6) is 0 Å². The molecule has 256 valence electrons. The summed E-state index contributed by atoms with van der Waals surface area (Å²) in [4.78, 5) is 12.4. The number of carbonyl (C=O) groups is 1. The topological polar surface area (TPSA) is 219 Å². The van der Waals surface area contributed by atoms with Gasteiger partial charge in [0.2, 0.25) is 0 Å². The molecule has 0 unspecified atom stereocenters. The fourth-order valence-corrected chi connectivity index (χ4v) is 10.6. The molecule has 13 heteroatoms. The fraction of sp³-hybridized carbons (Fsp3) is 0.906. The zero-order valence-corrected chi connectivity index (χ0v) is 26.0. The molecule has 2 saturated heterocycles. The maximum atomic E-state index is 12.4. The number of hydrogen-bond donors (Lipinski definition) is 7. The fourth-order valence-electron chi connectivity index (χ4n) is 10.6. The van der Waals surface area contributed by atoms with Gasteiger partial charge in [0.1, 0.15) is 48.8 Å². The smallest absolute Gasteiger partial charge is 0.188 e. The van der Waals surface area contributed by atoms with Crippen molar-refractivity contribution in [2.24, 2.45) is 28.1 Å². The van der Waals surface area contributed by atoms with Crippen molar-refractivity contribution in [2.75, 3.05) is 13.2 Å². The first-order valence-corrected chi connectivity index (χ1v) is 16.3. The molecule has 13 nitrogen and oxygen atoms in total. The standard InChI is InChI=1S/C32H50O13/c1-15-11-31-9-5-18-29(2,7-4-8-30(18,3)28(40)41)19(31)6-10-32(15,14-31)45-27-25(23(38)21(36)17(13-34)43-27)44-26-24(39)22(37)20(35)16(12-33)42-26/h16-27,33-39H,1,4-14H2,2-3H3,(H,40,41)/p-1/t16-,17-,18+,19+,20-,21-,22+,23+,24-,25-,26+,27+,29-,30-,31-,32+/m1/s1. The maximum Gasteiger partial charge on any atom is 0.188 e. The highest BCUT2D eigenvalue weighted by atomic mass is 16.8. The van der Waals surface area contributed by atoms with Gasteiger partial charge in [0.25, 0.3) is 0 Å². The summed E-state index contributed by atoms with van der Waals surface area (Å²) in [5.74, 6) is -0.732. The van der Waals surface area contributed by atoms with Crippen LogP contribution in [0, 0.1) is 28.1 Å². The Kier molecular flexibility index (Phi) is 8.77. The molecule has 0 amide bonds. The van der Waals surface area contributed by atoms with Gasteiger partial charge in [-0.25, -0.2) is 0 Å². The van der Waals surface area contributed by atoms with E-state index >= 15 is 0 Å². The lowest BCUT2D eigenvalue weighted by Crippen LogP contribution is -2.65. The van der Waals surface area contributed by atoms with Gasteiger partial charge in [-0.3, -0.25) is 0 Å². The van der Waals surface area contributed by atoms with Gasteiger partial charge in [-0.05, 0) is 79.6 Å². The van der Waals surface area contributed by atoms with Crippen LogP contribution in [0.4, 0.5) is 0 Å². The van der Waals surface area contributed by atoms with Crippen LogP contribution in [-0.4, -0.2) is 122 Å². The third-order valence-corrected chi connectivity index (χ3v) is 12.9. The summed E-state index contributed by atoms with van der Waals surface area (Å²) in [6.45, 7) is 7.22. The first-order chi connectivity index (χ1) is 21.2. The molecular formula is C32H49O13-. The first kappa shape index (κ1) is 33.7. The molecule has 2 aliphatic heterocycles. The van der Waals surface area contributed by atoms with Crippen LogP contribution in [0.15, 0.2) is 12.2 Å². The van der Waals surface area contributed by atoms with Gasteiger partial charge in [-0.15, -0.1) is 0 Å². The quantitative estimate of drug-likeness (QED) is 0.124. The minimum atomic E-state index is -1.76. The van der Waals surface area contributed by atoms with Crippen LogP contribution in [0.25, 0.3) is 0 Å². The molecular weight excluding hydrogens is 592 g/mol. The Hall–Kier alpha value is -1.23. The highest BCUT2D eigenvalue weighted by Crippen LogP contribution is 2.73. The predicted octanol–water partition coefficient (Wildman–Crippen LogP) is -1.53. The van der Waals surface area contributed by atoms with E-state index in [4.69, 9.17) is 18.9 Å². The van der Waals surface area contributed by atoms with E-state index in [1.54, 1.807) is 0 Å². The van der Waals surface area contributed by atoms with Crippen LogP contribution in [-0.2, 0) is 23.7 Å². The van der Waals surface area contributed by atoms with Crippen molar-refractivity contribution in [3.8, 4) is 0 Å². The summed E-state index contributed by atoms with van der Waals surface area (Å²) in [6, 6.07) is 0. The molecule has 6 aliphatic rings. The Morgan fingerprint density at radius 1 is 0.867 bits per heavy atom. The minimum absolute atomic E-state index is 0.00148. The van der Waals surface area contributed by atoms with E-state index in [1.165, 1.54) is 0 Å². The summed E-state index contributed by atoms with van der Waals surface area (Å²) < 4.78 is 24.1. The normalized spacial score (nSPS) is 54.7. The van der Waals surface area contributed by atoms with Gasteiger partial charge >= 0.3 is 0 Å². The molecule has 2 heterocycles. The van der Waals surface area contributed by atoms with E-state index in [1.807, 2.05) is 6.92 Å². The number of ether oxygens (including phenoxy) is 4. The van der Waals surface area contributed by atoms with E-state index in [2.05, 4.69) is 13.5 Å². The molecule has 6 rings (SSSR count). The highest BCUT2D eigenvalue weighted by molar-refractivity contribution is 5.72. The zero-order valence-electron chi connectivity index (χ0n) is 26.0. The molecule has 1 spiro atoms. The molecule has 0 aromatic rings. The largest absolute Gasteiger partial charge is 0.550 e. The van der Waals surface area contributed by atoms with Crippen molar-refractivity contribution in [2.45, 2.75) is 139 Å². The molecule has 2 bridgehead atoms. The monoisotopic (exact) mass is 641 g/mol. The molecule has 7 N–H and O–H groups in total. The number of aliphatic hydroxyl groups excluding tert-OH is 7. The Morgan fingerprint density at radius 3 is 2.13 bits per heavy atom. The average Bonchev–Trinajstić information content (AvgIpc) is 3.19. The van der Waals surface area contributed by atoms with Crippen molar-refractivity contribution in [1.29, 1.82) is 0 Å². The second-order valence-electron chi connectivity index (χ2n) is 15.2. The van der Waals surface area contributed by atoms with Crippen LogP contribution in [0.2, 0.25) is 0 Å². The number of fused-ring (bicyclic) bond motifs is 3. The van der Waals surface area contributed by atoms with Crippen molar-refractivity contribution in [3.63, 3.8) is 0 Å². The summed E-state index contributed by atoms with van der Waals surface area (Å²) in [5.41, 5.74) is -1.30. The zero-order chi connectivity index (χ0) is 32.7. The molecule has 0 radical (unpaired) electrons. The lowest BCUT2D eigenvalue weighted by Gasteiger charge is -2.65. The van der Waals surface area contributed by atoms with Crippen LogP contribution < -0.4 is 5.11 Å². The minimum Gasteiger partial charge on any atom is -0.550 e. The van der Waals surface area contributed by atoms with E-state index in [0.29, 0.717) is 25.7 Å². The second-order valence-corrected chi connectivity index (χ2v) is 15.2. The molecule has 16 atom stereocenters. The molecule has 4 aliphatic carbocycles. The van der Waals surface area contributed by atoms with Crippen molar-refractivity contribution in [1.82, 2.24) is 0 Å². The average molecular weight is 642 g/mol. The Balaban J connectivity index is 1.26. The van der Waals surface area contributed by atoms with Gasteiger partial charge < -0.3 is 64.6 Å². The van der Waals surface area contributed by atoms with Crippen LogP contribution in [0.1, 0.15) is 71.6 Å². The van der Waals surface area contributed by atoms with Crippen molar-refractivity contribution in [3.05, 3.63) is 12.2 Å². The summed E-state index contributed by atoms with van der Waals surface area (Å²) >= 11 is 0. The van der Waals surface area contributed by atoms with Crippen molar-refractivity contribution < 1.29 is 64.6 Å². The molecule has 45 heavy (non-hydrogen) atoms. The molecule has 6 fully saturated rings. The van der Waals surface area contributed by atoms with E-state index < -0.39 is 91.6 Å². The van der Waals surface area contributed by atoms with Crippen LogP contribution in [0.3, 0.4) is 0 Å². The SMILES string of the molecule is C=C1C[C@@]23CC[C@H]4[C@@](C)(CCC[C@@]4(C)C(=O)[O-])[C@@H]2CC[C@]1(O[C@@H]1O[C@H](CO)[C@@H](O)[C@H](O)[C@H]1O[C@@H]1O[C@H](CO)[C@@H](O)[C@H](O)[C@H]1O)C3. The predicted molar refractivity (Wildman–Crippen MR) is 152 cm³/mol. The summed E-state index contributed by atoms with van der Waals surface area (Å²) in [7, 11) is 0. The van der Waals surface area contributed by atoms with Gasteiger partial charge in [-0.2, -0.15) is 0 Å². The number of carboxylic acid groups (broad SMARTS) is 1. The molecule has 0 aromatic carbocycles. The van der Waals surface area contributed by atoms with E-state index in [9.17, 15) is 45.6 Å². The number of rotatable bonds is 7. The van der Waals surface area contributed by atoms with Crippen LogP contribution >= 0.6 is 0 Å². The van der Waals surface area contributed by atoms with Gasteiger partial charge in [0, 0.05) is 11.4 Å². The number of carboxylic acids is 1. The Morgan fingerprint density at radius 2 is 1.49 bits per heavy atom. The summed E-state index contributed by atoms with van der Waals surface area (Å²) in [6.07, 6.45) is -8.75. The molecule has 4 saturated carbocycles. The number of carbonyl (C=O) groups excluding carboxylic acids is 1. The number of hydrogen-bond acceptors (Lipinski definition) is 13. The van der Waals surface area contributed by atoms with E-state index in [-0.39, 0.29) is 22.7 Å². The highest BCUT2D eigenvalue weighted by Gasteiger charge is 2.68. The third-order valence-electron chi connectivity index (χ3n) is 12.9.